The highest BCUT2D eigenvalue weighted by molar-refractivity contribution is 6.31. The van der Waals surface area contributed by atoms with Crippen LogP contribution in [0.15, 0.2) is 42.5 Å². The van der Waals surface area contributed by atoms with Crippen molar-refractivity contribution in [3.8, 4) is 0 Å². The maximum Gasteiger partial charge on any atom is 0.227 e. The minimum atomic E-state index is -0.327. The molecule has 3 rings (SSSR count). The number of piperazine rings is 1. The molecule has 0 bridgehead atoms. The van der Waals surface area contributed by atoms with Crippen LogP contribution < -0.4 is 5.73 Å². The molecule has 2 aromatic carbocycles. The van der Waals surface area contributed by atoms with E-state index in [-0.39, 0.29) is 36.5 Å². The maximum absolute atomic E-state index is 13.1. The standard InChI is InChI=1S/C19H21ClFN3O.2ClH/c20-18-12-16(21)4-3-15(18)13-23-7-9-24(10-8-23)19(25)11-14-1-5-17(22)6-2-14;;/h1-6,12H,7-11,13,22H2;2*1H. The first kappa shape index (κ1) is 23.5. The summed E-state index contributed by atoms with van der Waals surface area (Å²) in [5, 5.41) is 0.446. The predicted molar refractivity (Wildman–Crippen MR) is 112 cm³/mol. The summed E-state index contributed by atoms with van der Waals surface area (Å²) in [4.78, 5) is 16.5. The first-order valence-corrected chi connectivity index (χ1v) is 8.67. The number of nitrogen functional groups attached to an aromatic ring is 1. The van der Waals surface area contributed by atoms with Crippen LogP contribution >= 0.6 is 36.4 Å². The fraction of sp³-hybridized carbons (Fsp3) is 0.316. The fourth-order valence-electron chi connectivity index (χ4n) is 2.97. The van der Waals surface area contributed by atoms with Gasteiger partial charge in [-0.1, -0.05) is 29.8 Å². The summed E-state index contributed by atoms with van der Waals surface area (Å²) in [7, 11) is 0. The number of benzene rings is 2. The second kappa shape index (κ2) is 10.7. The molecule has 0 atom stereocenters. The van der Waals surface area contributed by atoms with Crippen molar-refractivity contribution in [2.75, 3.05) is 31.9 Å². The molecule has 2 N–H and O–H groups in total. The van der Waals surface area contributed by atoms with Crippen molar-refractivity contribution in [1.29, 1.82) is 0 Å². The molecular weight excluding hydrogens is 412 g/mol. The van der Waals surface area contributed by atoms with Gasteiger partial charge in [0.25, 0.3) is 0 Å². The Morgan fingerprint density at radius 3 is 2.26 bits per heavy atom. The molecule has 0 saturated carbocycles. The molecule has 1 aliphatic rings. The molecule has 2 aromatic rings. The van der Waals surface area contributed by atoms with E-state index in [2.05, 4.69) is 4.90 Å². The van der Waals surface area contributed by atoms with E-state index in [0.717, 1.165) is 24.2 Å². The monoisotopic (exact) mass is 433 g/mol. The topological polar surface area (TPSA) is 49.6 Å². The van der Waals surface area contributed by atoms with E-state index in [1.54, 1.807) is 6.07 Å². The Hall–Kier alpha value is -1.53. The molecule has 1 aliphatic heterocycles. The lowest BCUT2D eigenvalue weighted by Gasteiger charge is -2.35. The third-order valence-electron chi connectivity index (χ3n) is 4.47. The van der Waals surface area contributed by atoms with Crippen LogP contribution in [0.2, 0.25) is 5.02 Å². The van der Waals surface area contributed by atoms with Crippen molar-refractivity contribution in [3.05, 3.63) is 64.4 Å². The number of halogens is 4. The molecule has 0 aromatic heterocycles. The Morgan fingerprint density at radius 1 is 1.04 bits per heavy atom. The predicted octanol–water partition coefficient (Wildman–Crippen LogP) is 3.79. The summed E-state index contributed by atoms with van der Waals surface area (Å²) in [5.41, 5.74) is 8.24. The van der Waals surface area contributed by atoms with Gasteiger partial charge >= 0.3 is 0 Å². The molecule has 0 unspecified atom stereocenters. The Balaban J connectivity index is 0.00000182. The Kier molecular flexibility index (Phi) is 9.33. The van der Waals surface area contributed by atoms with Crippen molar-refractivity contribution in [2.24, 2.45) is 0 Å². The van der Waals surface area contributed by atoms with Crippen molar-refractivity contribution >= 4 is 48.0 Å². The summed E-state index contributed by atoms with van der Waals surface area (Å²) in [6.07, 6.45) is 0.393. The van der Waals surface area contributed by atoms with Crippen molar-refractivity contribution in [1.82, 2.24) is 9.80 Å². The lowest BCUT2D eigenvalue weighted by molar-refractivity contribution is -0.132. The fourth-order valence-corrected chi connectivity index (χ4v) is 3.20. The van der Waals surface area contributed by atoms with Crippen LogP contribution in [-0.2, 0) is 17.8 Å². The highest BCUT2D eigenvalue weighted by atomic mass is 35.5. The van der Waals surface area contributed by atoms with E-state index in [9.17, 15) is 9.18 Å². The summed E-state index contributed by atoms with van der Waals surface area (Å²) in [5.74, 6) is -0.198. The van der Waals surface area contributed by atoms with Gasteiger partial charge in [0.1, 0.15) is 5.82 Å². The lowest BCUT2D eigenvalue weighted by atomic mass is 10.1. The minimum absolute atomic E-state index is 0. The molecule has 1 heterocycles. The van der Waals surface area contributed by atoms with Crippen LogP contribution in [0.25, 0.3) is 0 Å². The lowest BCUT2D eigenvalue weighted by Crippen LogP contribution is -2.48. The molecule has 1 saturated heterocycles. The SMILES string of the molecule is Cl.Cl.Nc1ccc(CC(=O)N2CCN(Cc3ccc(F)cc3Cl)CC2)cc1. The van der Waals surface area contributed by atoms with Crippen LogP contribution in [0, 0.1) is 5.82 Å². The van der Waals surface area contributed by atoms with Gasteiger partial charge in [-0.25, -0.2) is 4.39 Å². The highest BCUT2D eigenvalue weighted by Gasteiger charge is 2.21. The number of rotatable bonds is 4. The van der Waals surface area contributed by atoms with Crippen molar-refractivity contribution < 1.29 is 9.18 Å². The number of carbonyl (C=O) groups is 1. The normalized spacial score (nSPS) is 14.2. The number of nitrogens with two attached hydrogens (primary N) is 1. The molecule has 148 valence electrons. The zero-order chi connectivity index (χ0) is 17.8. The third kappa shape index (κ3) is 6.54. The van der Waals surface area contributed by atoms with Crippen LogP contribution in [0.1, 0.15) is 11.1 Å². The smallest absolute Gasteiger partial charge is 0.227 e. The second-order valence-electron chi connectivity index (χ2n) is 6.31. The van der Waals surface area contributed by atoms with Crippen molar-refractivity contribution in [3.63, 3.8) is 0 Å². The quantitative estimate of drug-likeness (QED) is 0.745. The van der Waals surface area contributed by atoms with Gasteiger partial charge < -0.3 is 10.6 Å². The number of hydrogen-bond donors (Lipinski definition) is 1. The van der Waals surface area contributed by atoms with E-state index in [1.807, 2.05) is 29.2 Å². The molecule has 0 aliphatic carbocycles. The summed E-state index contributed by atoms with van der Waals surface area (Å²) < 4.78 is 13.1. The third-order valence-corrected chi connectivity index (χ3v) is 4.82. The first-order chi connectivity index (χ1) is 12.0. The van der Waals surface area contributed by atoms with Gasteiger partial charge in [0.15, 0.2) is 0 Å². The molecule has 0 spiro atoms. The molecule has 8 heteroatoms. The Bertz CT molecular complexity index is 750. The zero-order valence-corrected chi connectivity index (χ0v) is 17.1. The first-order valence-electron chi connectivity index (χ1n) is 8.30. The van der Waals surface area contributed by atoms with Gasteiger partial charge in [0.2, 0.25) is 5.91 Å². The number of nitrogens with zero attached hydrogens (tertiary/aromatic N) is 2. The number of carbonyl (C=O) groups excluding carboxylic acids is 1. The molecule has 4 nitrogen and oxygen atoms in total. The average molecular weight is 435 g/mol. The molecule has 1 fully saturated rings. The zero-order valence-electron chi connectivity index (χ0n) is 14.7. The van der Waals surface area contributed by atoms with Crippen LogP contribution in [-0.4, -0.2) is 41.9 Å². The van der Waals surface area contributed by atoms with E-state index in [4.69, 9.17) is 17.3 Å². The van der Waals surface area contributed by atoms with E-state index in [0.29, 0.717) is 36.8 Å². The maximum atomic E-state index is 13.1. The summed E-state index contributed by atoms with van der Waals surface area (Å²) in [6.45, 7) is 3.60. The van der Waals surface area contributed by atoms with Gasteiger partial charge in [-0.3, -0.25) is 9.69 Å². The Labute approximate surface area is 176 Å². The van der Waals surface area contributed by atoms with Gasteiger partial charge in [-0.2, -0.15) is 0 Å². The van der Waals surface area contributed by atoms with Crippen molar-refractivity contribution in [2.45, 2.75) is 13.0 Å². The summed E-state index contributed by atoms with van der Waals surface area (Å²) >= 11 is 6.09. The largest absolute Gasteiger partial charge is 0.399 e. The minimum Gasteiger partial charge on any atom is -0.399 e. The van der Waals surface area contributed by atoms with Gasteiger partial charge in [-0.15, -0.1) is 24.8 Å². The second-order valence-corrected chi connectivity index (χ2v) is 6.72. The van der Waals surface area contributed by atoms with Crippen LogP contribution in [0.4, 0.5) is 10.1 Å². The molecule has 0 radical (unpaired) electrons. The van der Waals surface area contributed by atoms with Crippen LogP contribution in [0.5, 0.6) is 0 Å². The molecule has 1 amide bonds. The number of amides is 1. The molecular formula is C19H23Cl3FN3O. The van der Waals surface area contributed by atoms with Gasteiger partial charge in [0.05, 0.1) is 6.42 Å². The average Bonchev–Trinajstić information content (AvgIpc) is 2.60. The van der Waals surface area contributed by atoms with E-state index < -0.39 is 0 Å². The number of anilines is 1. The number of hydrogen-bond acceptors (Lipinski definition) is 3. The van der Waals surface area contributed by atoms with Gasteiger partial charge in [-0.05, 0) is 35.4 Å². The summed E-state index contributed by atoms with van der Waals surface area (Å²) in [6, 6.07) is 11.9. The molecule has 27 heavy (non-hydrogen) atoms. The van der Waals surface area contributed by atoms with Crippen LogP contribution in [0.3, 0.4) is 0 Å². The van der Waals surface area contributed by atoms with E-state index >= 15 is 0 Å². The van der Waals surface area contributed by atoms with E-state index in [1.165, 1.54) is 12.1 Å². The highest BCUT2D eigenvalue weighted by Crippen LogP contribution is 2.20. The Morgan fingerprint density at radius 2 is 1.67 bits per heavy atom. The van der Waals surface area contributed by atoms with Gasteiger partial charge in [0, 0.05) is 43.4 Å².